The van der Waals surface area contributed by atoms with E-state index in [4.69, 9.17) is 4.74 Å². The van der Waals surface area contributed by atoms with Gasteiger partial charge in [0.05, 0.1) is 12.0 Å². The Morgan fingerprint density at radius 3 is 2.55 bits per heavy atom. The first-order valence-corrected chi connectivity index (χ1v) is 10.6. The predicted octanol–water partition coefficient (Wildman–Crippen LogP) is 4.01. The summed E-state index contributed by atoms with van der Waals surface area (Å²) in [7, 11) is 0. The van der Waals surface area contributed by atoms with Crippen molar-refractivity contribution in [3.05, 3.63) is 24.3 Å². The van der Waals surface area contributed by atoms with E-state index in [1.54, 1.807) is 12.1 Å². The second kappa shape index (κ2) is 8.17. The van der Waals surface area contributed by atoms with Crippen LogP contribution in [0.3, 0.4) is 0 Å². The average molecular weight is 401 g/mol. The van der Waals surface area contributed by atoms with E-state index in [1.165, 1.54) is 4.90 Å². The number of hydrogen-bond acceptors (Lipinski definition) is 4. The van der Waals surface area contributed by atoms with Gasteiger partial charge in [0, 0.05) is 24.6 Å². The van der Waals surface area contributed by atoms with Gasteiger partial charge in [-0.05, 0) is 48.9 Å². The topological polar surface area (TPSA) is 75.7 Å². The zero-order valence-electron chi connectivity index (χ0n) is 17.9. The normalized spacial score (nSPS) is 25.2. The number of fused-ring (bicyclic) bond motifs is 2. The minimum Gasteiger partial charge on any atom is -0.494 e. The maximum Gasteiger partial charge on any atom is 0.235 e. The van der Waals surface area contributed by atoms with Crippen molar-refractivity contribution in [3.63, 3.8) is 0 Å². The number of likely N-dealkylation sites (tertiary alicyclic amines) is 1. The summed E-state index contributed by atoms with van der Waals surface area (Å²) in [6.07, 6.45) is 3.64. The molecule has 2 atom stereocenters. The largest absolute Gasteiger partial charge is 0.494 e. The lowest BCUT2D eigenvalue weighted by Gasteiger charge is -2.47. The number of anilines is 1. The summed E-state index contributed by atoms with van der Waals surface area (Å²) in [5.74, 6) is 0.146. The number of amides is 3. The number of benzene rings is 1. The number of imide groups is 1. The quantitative estimate of drug-likeness (QED) is 0.528. The van der Waals surface area contributed by atoms with Crippen LogP contribution in [0.5, 0.6) is 5.75 Å². The molecule has 0 aromatic heterocycles. The van der Waals surface area contributed by atoms with E-state index in [0.29, 0.717) is 12.3 Å². The fraction of sp³-hybridized carbons (Fsp3) is 0.609. The molecular weight excluding hydrogens is 368 g/mol. The van der Waals surface area contributed by atoms with Gasteiger partial charge >= 0.3 is 0 Å². The number of carbonyl (C=O) groups excluding carboxylic acids is 3. The molecule has 1 N–H and O–H groups in total. The maximum absolute atomic E-state index is 13.0. The minimum atomic E-state index is -0.532. The van der Waals surface area contributed by atoms with Gasteiger partial charge in [-0.25, -0.2) is 0 Å². The van der Waals surface area contributed by atoms with Gasteiger partial charge in [-0.1, -0.05) is 34.1 Å². The fourth-order valence-electron chi connectivity index (χ4n) is 4.52. The molecule has 29 heavy (non-hydrogen) atoms. The zero-order chi connectivity index (χ0) is 21.2. The number of hydrogen-bond donors (Lipinski definition) is 1. The van der Waals surface area contributed by atoms with E-state index in [9.17, 15) is 14.4 Å². The fourth-order valence-corrected chi connectivity index (χ4v) is 4.52. The van der Waals surface area contributed by atoms with E-state index in [-0.39, 0.29) is 42.0 Å². The van der Waals surface area contributed by atoms with E-state index < -0.39 is 5.41 Å². The lowest BCUT2D eigenvalue weighted by Crippen LogP contribution is -2.59. The van der Waals surface area contributed by atoms with Gasteiger partial charge in [0.2, 0.25) is 17.7 Å². The number of carbonyl (C=O) groups is 3. The highest BCUT2D eigenvalue weighted by molar-refractivity contribution is 6.04. The molecule has 1 saturated carbocycles. The Morgan fingerprint density at radius 1 is 1.21 bits per heavy atom. The highest BCUT2D eigenvalue weighted by atomic mass is 16.5. The smallest absolute Gasteiger partial charge is 0.235 e. The van der Waals surface area contributed by atoms with E-state index in [2.05, 4.69) is 12.2 Å². The van der Waals surface area contributed by atoms with E-state index in [1.807, 2.05) is 32.9 Å². The zero-order valence-corrected chi connectivity index (χ0v) is 17.9. The summed E-state index contributed by atoms with van der Waals surface area (Å²) in [5.41, 5.74) is -0.196. The molecule has 2 aliphatic rings. The van der Waals surface area contributed by atoms with Crippen LogP contribution >= 0.6 is 0 Å². The van der Waals surface area contributed by atoms with Gasteiger partial charge < -0.3 is 10.1 Å². The number of rotatable bonds is 8. The molecule has 1 aromatic carbocycles. The van der Waals surface area contributed by atoms with Crippen LogP contribution in [0.2, 0.25) is 0 Å². The first-order chi connectivity index (χ1) is 13.7. The molecule has 2 bridgehead atoms. The first-order valence-electron chi connectivity index (χ1n) is 10.6. The maximum atomic E-state index is 13.0. The molecule has 3 rings (SSSR count). The molecule has 2 fully saturated rings. The van der Waals surface area contributed by atoms with Gasteiger partial charge in [0.1, 0.15) is 5.75 Å². The molecule has 1 heterocycles. The Bertz CT molecular complexity index is 787. The molecule has 2 unspecified atom stereocenters. The molecule has 1 aromatic rings. The van der Waals surface area contributed by atoms with Crippen molar-refractivity contribution in [1.29, 1.82) is 0 Å². The van der Waals surface area contributed by atoms with Crippen LogP contribution in [0, 0.1) is 16.7 Å². The second-order valence-corrected chi connectivity index (χ2v) is 8.96. The Balaban J connectivity index is 1.54. The van der Waals surface area contributed by atoms with Gasteiger partial charge in [0.25, 0.3) is 0 Å². The van der Waals surface area contributed by atoms with Crippen molar-refractivity contribution in [1.82, 2.24) is 4.90 Å². The molecule has 158 valence electrons. The van der Waals surface area contributed by atoms with Crippen molar-refractivity contribution in [2.45, 2.75) is 59.8 Å². The van der Waals surface area contributed by atoms with Crippen molar-refractivity contribution in [3.8, 4) is 5.75 Å². The van der Waals surface area contributed by atoms with Gasteiger partial charge in [-0.2, -0.15) is 0 Å². The summed E-state index contributed by atoms with van der Waals surface area (Å²) >= 11 is 0. The molecule has 3 amide bonds. The SMILES string of the molecule is CCCCOc1ccc(NC(=O)CCN2C(=O)C3CCC(C)(C2=O)C3(C)C)cc1. The number of piperidine rings is 1. The Hall–Kier alpha value is -2.37. The van der Waals surface area contributed by atoms with Crippen molar-refractivity contribution < 1.29 is 19.1 Å². The third-order valence-corrected chi connectivity index (χ3v) is 6.97. The average Bonchev–Trinajstić information content (AvgIpc) is 2.87. The summed E-state index contributed by atoms with van der Waals surface area (Å²) < 4.78 is 5.61. The lowest BCUT2D eigenvalue weighted by atomic mass is 9.62. The molecule has 1 saturated heterocycles. The summed E-state index contributed by atoms with van der Waals surface area (Å²) in [6.45, 7) is 8.90. The molecule has 6 nitrogen and oxygen atoms in total. The van der Waals surface area contributed by atoms with Crippen molar-refractivity contribution in [2.24, 2.45) is 16.7 Å². The van der Waals surface area contributed by atoms with E-state index >= 15 is 0 Å². The summed E-state index contributed by atoms with van der Waals surface area (Å²) in [4.78, 5) is 39.5. The van der Waals surface area contributed by atoms with Crippen LogP contribution in [0.25, 0.3) is 0 Å². The number of ether oxygens (including phenoxy) is 1. The highest BCUT2D eigenvalue weighted by Gasteiger charge is 2.64. The third-order valence-electron chi connectivity index (χ3n) is 6.97. The monoisotopic (exact) mass is 400 g/mol. The molecule has 0 radical (unpaired) electrons. The molecule has 1 aliphatic carbocycles. The van der Waals surface area contributed by atoms with Crippen molar-refractivity contribution >= 4 is 23.4 Å². The van der Waals surface area contributed by atoms with Crippen LogP contribution < -0.4 is 10.1 Å². The minimum absolute atomic E-state index is 0.0927. The van der Waals surface area contributed by atoms with Crippen LogP contribution in [0.1, 0.15) is 59.8 Å². The van der Waals surface area contributed by atoms with Crippen LogP contribution in [0.15, 0.2) is 24.3 Å². The lowest BCUT2D eigenvalue weighted by molar-refractivity contribution is -0.167. The Morgan fingerprint density at radius 2 is 1.90 bits per heavy atom. The van der Waals surface area contributed by atoms with Crippen molar-refractivity contribution in [2.75, 3.05) is 18.5 Å². The third kappa shape index (κ3) is 3.89. The standard InChI is InChI=1S/C23H32N2O4/c1-5-6-15-29-17-9-7-16(8-10-17)24-19(26)12-14-25-20(27)18-11-13-23(4,21(25)28)22(18,2)3/h7-10,18H,5-6,11-15H2,1-4H3,(H,24,26). The Kier molecular flexibility index (Phi) is 6.01. The van der Waals surface area contributed by atoms with E-state index in [0.717, 1.165) is 31.4 Å². The predicted molar refractivity (Wildman–Crippen MR) is 111 cm³/mol. The number of unbranched alkanes of at least 4 members (excludes halogenated alkanes) is 1. The first kappa shape index (κ1) is 21.3. The Labute approximate surface area is 173 Å². The number of nitrogens with zero attached hydrogens (tertiary/aromatic N) is 1. The molecule has 0 spiro atoms. The molecule has 1 aliphatic heterocycles. The van der Waals surface area contributed by atoms with Crippen LogP contribution in [-0.4, -0.2) is 35.8 Å². The second-order valence-electron chi connectivity index (χ2n) is 8.96. The van der Waals surface area contributed by atoms with Crippen LogP contribution in [0.4, 0.5) is 5.69 Å². The number of nitrogens with one attached hydrogen (secondary N) is 1. The van der Waals surface area contributed by atoms with Gasteiger partial charge in [0.15, 0.2) is 0 Å². The molecule has 6 heteroatoms. The summed E-state index contributed by atoms with van der Waals surface area (Å²) in [5, 5.41) is 2.83. The van der Waals surface area contributed by atoms with Crippen LogP contribution in [-0.2, 0) is 14.4 Å². The molecular formula is C23H32N2O4. The highest BCUT2D eigenvalue weighted by Crippen LogP contribution is 2.60. The van der Waals surface area contributed by atoms with Gasteiger partial charge in [-0.3, -0.25) is 19.3 Å². The van der Waals surface area contributed by atoms with Gasteiger partial charge in [-0.15, -0.1) is 0 Å². The summed E-state index contributed by atoms with van der Waals surface area (Å²) in [6, 6.07) is 7.23.